The van der Waals surface area contributed by atoms with E-state index in [1.165, 1.54) is 12.3 Å². The summed E-state index contributed by atoms with van der Waals surface area (Å²) in [5.74, 6) is 0.0148. The second kappa shape index (κ2) is 6.60. The van der Waals surface area contributed by atoms with Gasteiger partial charge in [0.05, 0.1) is 17.9 Å². The predicted molar refractivity (Wildman–Crippen MR) is 81.1 cm³/mol. The number of carboxylic acids is 1. The van der Waals surface area contributed by atoms with Crippen LogP contribution in [0, 0.1) is 0 Å². The topological polar surface area (TPSA) is 97.5 Å². The Labute approximate surface area is 122 Å². The molecule has 0 aliphatic carbocycles. The molecule has 0 spiro atoms. The maximum absolute atomic E-state index is 11.0. The molecule has 21 heavy (non-hydrogen) atoms. The number of carbonyl (C=O) groups is 1. The fourth-order valence-corrected chi connectivity index (χ4v) is 1.75. The standard InChI is InChI=1S/C15H17N3O3/c1-2-9-21-11-5-3-10(4-6-11)18-14-13(16)12(15(19)20)7-8-17-14/h3-8H,2,9,16H2,1H3,(H,17,18)(H,19,20). The number of nitrogens with two attached hydrogens (primary N) is 1. The lowest BCUT2D eigenvalue weighted by atomic mass is 10.2. The van der Waals surface area contributed by atoms with Gasteiger partial charge in [-0.25, -0.2) is 9.78 Å². The van der Waals surface area contributed by atoms with E-state index in [4.69, 9.17) is 15.6 Å². The zero-order valence-electron chi connectivity index (χ0n) is 11.7. The average molecular weight is 287 g/mol. The van der Waals surface area contributed by atoms with E-state index in [0.717, 1.165) is 17.9 Å². The predicted octanol–water partition coefficient (Wildman–Crippen LogP) is 2.89. The van der Waals surface area contributed by atoms with Crippen LogP contribution in [0.25, 0.3) is 0 Å². The lowest BCUT2D eigenvalue weighted by Crippen LogP contribution is -2.07. The van der Waals surface area contributed by atoms with Gasteiger partial charge in [-0.2, -0.15) is 0 Å². The van der Waals surface area contributed by atoms with Crippen LogP contribution in [0.15, 0.2) is 36.5 Å². The number of benzene rings is 1. The van der Waals surface area contributed by atoms with Crippen LogP contribution in [-0.2, 0) is 0 Å². The Hall–Kier alpha value is -2.76. The Morgan fingerprint density at radius 2 is 2.05 bits per heavy atom. The summed E-state index contributed by atoms with van der Waals surface area (Å²) in [6, 6.07) is 8.66. The second-order valence-corrected chi connectivity index (χ2v) is 4.42. The number of hydrogen-bond acceptors (Lipinski definition) is 5. The van der Waals surface area contributed by atoms with Gasteiger partial charge in [0.25, 0.3) is 0 Å². The molecular weight excluding hydrogens is 270 g/mol. The SMILES string of the molecule is CCCOc1ccc(Nc2nccc(C(=O)O)c2N)cc1. The Balaban J connectivity index is 2.15. The Morgan fingerprint density at radius 3 is 2.67 bits per heavy atom. The van der Waals surface area contributed by atoms with Crippen molar-refractivity contribution in [3.63, 3.8) is 0 Å². The number of aromatic nitrogens is 1. The van der Waals surface area contributed by atoms with Gasteiger partial charge in [0.2, 0.25) is 0 Å². The van der Waals surface area contributed by atoms with Crippen LogP contribution in [-0.4, -0.2) is 22.7 Å². The molecule has 0 saturated heterocycles. The van der Waals surface area contributed by atoms with Crippen LogP contribution < -0.4 is 15.8 Å². The Bertz CT molecular complexity index is 627. The van der Waals surface area contributed by atoms with Gasteiger partial charge in [-0.1, -0.05) is 6.92 Å². The van der Waals surface area contributed by atoms with Crippen molar-refractivity contribution in [2.75, 3.05) is 17.7 Å². The van der Waals surface area contributed by atoms with Crippen molar-refractivity contribution in [2.24, 2.45) is 0 Å². The minimum Gasteiger partial charge on any atom is -0.494 e. The summed E-state index contributed by atoms with van der Waals surface area (Å²) in [5.41, 5.74) is 6.68. The number of anilines is 3. The van der Waals surface area contributed by atoms with Crippen LogP contribution >= 0.6 is 0 Å². The number of ether oxygens (including phenoxy) is 1. The monoisotopic (exact) mass is 287 g/mol. The maximum Gasteiger partial charge on any atom is 0.337 e. The smallest absolute Gasteiger partial charge is 0.337 e. The molecule has 0 radical (unpaired) electrons. The molecule has 1 aromatic carbocycles. The van der Waals surface area contributed by atoms with E-state index in [1.807, 2.05) is 31.2 Å². The molecule has 0 aliphatic heterocycles. The number of pyridine rings is 1. The van der Waals surface area contributed by atoms with Crippen molar-refractivity contribution in [1.82, 2.24) is 4.98 Å². The number of aromatic carboxylic acids is 1. The van der Waals surface area contributed by atoms with Gasteiger partial charge >= 0.3 is 5.97 Å². The molecular formula is C15H17N3O3. The van der Waals surface area contributed by atoms with Crippen molar-refractivity contribution in [2.45, 2.75) is 13.3 Å². The summed E-state index contributed by atoms with van der Waals surface area (Å²) in [5, 5.41) is 12.0. The molecule has 0 atom stereocenters. The molecule has 6 heteroatoms. The zero-order valence-corrected chi connectivity index (χ0v) is 11.7. The summed E-state index contributed by atoms with van der Waals surface area (Å²) < 4.78 is 5.49. The highest BCUT2D eigenvalue weighted by molar-refractivity contribution is 5.96. The van der Waals surface area contributed by atoms with Gasteiger partial charge in [-0.15, -0.1) is 0 Å². The maximum atomic E-state index is 11.0. The summed E-state index contributed by atoms with van der Waals surface area (Å²) in [6.07, 6.45) is 2.35. The van der Waals surface area contributed by atoms with Crippen molar-refractivity contribution in [1.29, 1.82) is 0 Å². The molecule has 2 aromatic rings. The Morgan fingerprint density at radius 1 is 1.33 bits per heavy atom. The van der Waals surface area contributed by atoms with Crippen LogP contribution in [0.2, 0.25) is 0 Å². The molecule has 0 aliphatic rings. The van der Waals surface area contributed by atoms with Crippen LogP contribution in [0.3, 0.4) is 0 Å². The summed E-state index contributed by atoms with van der Waals surface area (Å²) in [6.45, 7) is 2.71. The van der Waals surface area contributed by atoms with Crippen molar-refractivity contribution < 1.29 is 14.6 Å². The fourth-order valence-electron chi connectivity index (χ4n) is 1.75. The average Bonchev–Trinajstić information content (AvgIpc) is 2.48. The molecule has 0 saturated carbocycles. The minimum atomic E-state index is -1.08. The minimum absolute atomic E-state index is 0.0235. The number of rotatable bonds is 6. The first kappa shape index (κ1) is 14.6. The molecule has 6 nitrogen and oxygen atoms in total. The number of nitrogens with zero attached hydrogens (tertiary/aromatic N) is 1. The third-order valence-electron chi connectivity index (χ3n) is 2.81. The summed E-state index contributed by atoms with van der Waals surface area (Å²) in [4.78, 5) is 15.1. The molecule has 0 fully saturated rings. The lowest BCUT2D eigenvalue weighted by Gasteiger charge is -2.11. The molecule has 4 N–H and O–H groups in total. The van der Waals surface area contributed by atoms with Crippen LogP contribution in [0.4, 0.5) is 17.2 Å². The first-order valence-corrected chi connectivity index (χ1v) is 6.59. The van der Waals surface area contributed by atoms with E-state index >= 15 is 0 Å². The third kappa shape index (κ3) is 3.62. The zero-order chi connectivity index (χ0) is 15.2. The molecule has 0 unspecified atom stereocenters. The molecule has 110 valence electrons. The normalized spacial score (nSPS) is 10.1. The van der Waals surface area contributed by atoms with E-state index in [2.05, 4.69) is 10.3 Å². The fraction of sp³-hybridized carbons (Fsp3) is 0.200. The number of nitrogen functional groups attached to an aromatic ring is 1. The van der Waals surface area contributed by atoms with E-state index in [1.54, 1.807) is 0 Å². The summed E-state index contributed by atoms with van der Waals surface area (Å²) >= 11 is 0. The largest absolute Gasteiger partial charge is 0.494 e. The molecule has 0 bridgehead atoms. The van der Waals surface area contributed by atoms with Gasteiger partial charge in [-0.3, -0.25) is 0 Å². The lowest BCUT2D eigenvalue weighted by molar-refractivity contribution is 0.0698. The molecule has 2 rings (SSSR count). The second-order valence-electron chi connectivity index (χ2n) is 4.42. The quantitative estimate of drug-likeness (QED) is 0.755. The van der Waals surface area contributed by atoms with Gasteiger partial charge < -0.3 is 20.9 Å². The van der Waals surface area contributed by atoms with E-state index in [9.17, 15) is 4.79 Å². The highest BCUT2D eigenvalue weighted by Gasteiger charge is 2.12. The Kier molecular flexibility index (Phi) is 4.61. The molecule has 1 heterocycles. The number of carboxylic acid groups (broad SMARTS) is 1. The van der Waals surface area contributed by atoms with E-state index < -0.39 is 5.97 Å². The van der Waals surface area contributed by atoms with E-state index in [0.29, 0.717) is 12.4 Å². The highest BCUT2D eigenvalue weighted by Crippen LogP contribution is 2.25. The van der Waals surface area contributed by atoms with Gasteiger partial charge in [0, 0.05) is 11.9 Å². The first-order chi connectivity index (χ1) is 10.1. The van der Waals surface area contributed by atoms with Crippen molar-refractivity contribution in [3.8, 4) is 5.75 Å². The molecule has 1 aromatic heterocycles. The van der Waals surface area contributed by atoms with Crippen LogP contribution in [0.5, 0.6) is 5.75 Å². The van der Waals surface area contributed by atoms with Gasteiger partial charge in [-0.05, 0) is 36.8 Å². The van der Waals surface area contributed by atoms with Crippen LogP contribution in [0.1, 0.15) is 23.7 Å². The molecule has 0 amide bonds. The van der Waals surface area contributed by atoms with Crippen molar-refractivity contribution >= 4 is 23.2 Å². The number of nitrogens with one attached hydrogen (secondary N) is 1. The summed E-state index contributed by atoms with van der Waals surface area (Å²) in [7, 11) is 0. The van der Waals surface area contributed by atoms with Crippen molar-refractivity contribution in [3.05, 3.63) is 42.1 Å². The first-order valence-electron chi connectivity index (χ1n) is 6.59. The third-order valence-corrected chi connectivity index (χ3v) is 2.81. The van der Waals surface area contributed by atoms with E-state index in [-0.39, 0.29) is 11.3 Å². The number of hydrogen-bond donors (Lipinski definition) is 3. The highest BCUT2D eigenvalue weighted by atomic mass is 16.5. The van der Waals surface area contributed by atoms with Gasteiger partial charge in [0.15, 0.2) is 5.82 Å². The van der Waals surface area contributed by atoms with Gasteiger partial charge in [0.1, 0.15) is 5.75 Å².